The Balaban J connectivity index is 2.75. The Hall–Kier alpha value is -1.11. The van der Waals surface area contributed by atoms with Gasteiger partial charge >= 0.3 is 10.1 Å². The lowest BCUT2D eigenvalue weighted by atomic mass is 10.9. The predicted molar refractivity (Wildman–Crippen MR) is 31.9 cm³/mol. The van der Waals surface area contributed by atoms with Crippen molar-refractivity contribution in [3.8, 4) is 5.88 Å². The number of aromatic amines is 1. The van der Waals surface area contributed by atoms with Crippen molar-refractivity contribution in [2.24, 2.45) is 0 Å². The second kappa shape index (κ2) is 2.25. The molecule has 0 aromatic carbocycles. The van der Waals surface area contributed by atoms with Gasteiger partial charge in [-0.25, -0.2) is 0 Å². The van der Waals surface area contributed by atoms with Crippen molar-refractivity contribution in [2.45, 2.75) is 0 Å². The molecule has 0 unspecified atom stereocenters. The van der Waals surface area contributed by atoms with E-state index in [2.05, 4.69) is 19.6 Å². The first-order chi connectivity index (χ1) is 4.58. The topological polar surface area (TPSA) is 84.9 Å². The van der Waals surface area contributed by atoms with Crippen molar-refractivity contribution < 1.29 is 12.6 Å². The molecule has 0 aliphatic rings. The van der Waals surface area contributed by atoms with Crippen LogP contribution in [0.2, 0.25) is 0 Å². The molecule has 1 aromatic heterocycles. The first kappa shape index (κ1) is 7.00. The van der Waals surface area contributed by atoms with E-state index in [1.54, 1.807) is 0 Å². The van der Waals surface area contributed by atoms with Gasteiger partial charge in [-0.05, 0) is 0 Å². The van der Waals surface area contributed by atoms with Crippen molar-refractivity contribution in [1.82, 2.24) is 15.4 Å². The molecule has 0 bridgehead atoms. The van der Waals surface area contributed by atoms with E-state index in [-0.39, 0.29) is 5.88 Å². The van der Waals surface area contributed by atoms with E-state index >= 15 is 0 Å². The summed E-state index contributed by atoms with van der Waals surface area (Å²) < 4.78 is 25.1. The SMILES string of the molecule is CS(=O)(=O)Oc1cn[nH]n1. The molecule has 0 fully saturated rings. The Morgan fingerprint density at radius 2 is 2.40 bits per heavy atom. The van der Waals surface area contributed by atoms with E-state index in [0.717, 1.165) is 6.26 Å². The lowest BCUT2D eigenvalue weighted by Gasteiger charge is -1.93. The quantitative estimate of drug-likeness (QED) is 0.573. The standard InChI is InChI=1S/C3H5N3O3S/c1-10(7,8)9-3-2-4-6-5-3/h2H,1H3,(H,4,5,6). The zero-order valence-corrected chi connectivity index (χ0v) is 5.92. The monoisotopic (exact) mass is 163 g/mol. The van der Waals surface area contributed by atoms with E-state index in [1.807, 2.05) is 0 Å². The normalized spacial score (nSPS) is 11.3. The van der Waals surface area contributed by atoms with Gasteiger partial charge in [-0.2, -0.15) is 18.7 Å². The summed E-state index contributed by atoms with van der Waals surface area (Å²) in [7, 11) is -3.47. The van der Waals surface area contributed by atoms with E-state index in [4.69, 9.17) is 0 Å². The molecule has 0 saturated carbocycles. The maximum atomic E-state index is 10.4. The smallest absolute Gasteiger partial charge is 0.307 e. The van der Waals surface area contributed by atoms with Gasteiger partial charge in [0.25, 0.3) is 5.88 Å². The van der Waals surface area contributed by atoms with Gasteiger partial charge in [0.15, 0.2) is 0 Å². The second-order valence-corrected chi connectivity index (χ2v) is 3.17. The molecule has 0 saturated heterocycles. The summed E-state index contributed by atoms with van der Waals surface area (Å²) in [5, 5.41) is 8.91. The number of rotatable bonds is 2. The third-order valence-corrected chi connectivity index (χ3v) is 1.10. The first-order valence-corrected chi connectivity index (χ1v) is 4.15. The minimum Gasteiger partial charge on any atom is -0.358 e. The van der Waals surface area contributed by atoms with Gasteiger partial charge in [0, 0.05) is 0 Å². The minimum atomic E-state index is -3.47. The maximum Gasteiger partial charge on any atom is 0.307 e. The van der Waals surface area contributed by atoms with Crippen LogP contribution in [0.4, 0.5) is 0 Å². The molecule has 6 nitrogen and oxygen atoms in total. The zero-order chi connectivity index (χ0) is 7.61. The molecule has 7 heteroatoms. The molecule has 56 valence electrons. The number of H-pyrrole nitrogens is 1. The summed E-state index contributed by atoms with van der Waals surface area (Å²) in [5.74, 6) is -0.0532. The number of hydrogen-bond donors (Lipinski definition) is 1. The van der Waals surface area contributed by atoms with E-state index in [9.17, 15) is 8.42 Å². The van der Waals surface area contributed by atoms with E-state index < -0.39 is 10.1 Å². The highest BCUT2D eigenvalue weighted by atomic mass is 32.2. The minimum absolute atomic E-state index is 0.0532. The Morgan fingerprint density at radius 1 is 1.70 bits per heavy atom. The molecule has 1 aromatic rings. The molecule has 10 heavy (non-hydrogen) atoms. The van der Waals surface area contributed by atoms with Gasteiger partial charge in [0.05, 0.1) is 6.26 Å². The summed E-state index contributed by atoms with van der Waals surface area (Å²) in [6.45, 7) is 0. The highest BCUT2D eigenvalue weighted by Crippen LogP contribution is 2.02. The Morgan fingerprint density at radius 3 is 2.80 bits per heavy atom. The summed E-state index contributed by atoms with van der Waals surface area (Å²) in [5.41, 5.74) is 0. The highest BCUT2D eigenvalue weighted by molar-refractivity contribution is 7.86. The molecule has 0 amide bonds. The zero-order valence-electron chi connectivity index (χ0n) is 5.10. The van der Waals surface area contributed by atoms with Gasteiger partial charge in [-0.1, -0.05) is 0 Å². The Labute approximate surface area is 57.3 Å². The van der Waals surface area contributed by atoms with E-state index in [1.165, 1.54) is 6.20 Å². The van der Waals surface area contributed by atoms with Crippen LogP contribution in [0.3, 0.4) is 0 Å². The van der Waals surface area contributed by atoms with Crippen LogP contribution in [-0.2, 0) is 10.1 Å². The number of nitrogens with zero attached hydrogens (tertiary/aromatic N) is 2. The molecule has 1 heterocycles. The van der Waals surface area contributed by atoms with Gasteiger partial charge in [-0.15, -0.1) is 5.10 Å². The van der Waals surface area contributed by atoms with Gasteiger partial charge < -0.3 is 4.18 Å². The summed E-state index contributed by atoms with van der Waals surface area (Å²) in [6, 6.07) is 0. The average Bonchev–Trinajstić information content (AvgIpc) is 2.12. The van der Waals surface area contributed by atoms with E-state index in [0.29, 0.717) is 0 Å². The molecule has 0 radical (unpaired) electrons. The molecule has 1 N–H and O–H groups in total. The lowest BCUT2D eigenvalue weighted by molar-refractivity contribution is 0.482. The highest BCUT2D eigenvalue weighted by Gasteiger charge is 2.04. The van der Waals surface area contributed by atoms with Crippen LogP contribution >= 0.6 is 0 Å². The van der Waals surface area contributed by atoms with Crippen molar-refractivity contribution in [3.63, 3.8) is 0 Å². The van der Waals surface area contributed by atoms with Gasteiger partial charge in [0.1, 0.15) is 6.20 Å². The van der Waals surface area contributed by atoms with Crippen LogP contribution in [0.25, 0.3) is 0 Å². The molecule has 0 spiro atoms. The van der Waals surface area contributed by atoms with Crippen LogP contribution in [-0.4, -0.2) is 30.1 Å². The molecule has 0 aliphatic carbocycles. The van der Waals surface area contributed by atoms with Gasteiger partial charge in [-0.3, -0.25) is 0 Å². The van der Waals surface area contributed by atoms with Crippen LogP contribution in [0, 0.1) is 0 Å². The molecular formula is C3H5N3O3S. The maximum absolute atomic E-state index is 10.4. The largest absolute Gasteiger partial charge is 0.358 e. The van der Waals surface area contributed by atoms with Crippen molar-refractivity contribution in [1.29, 1.82) is 0 Å². The van der Waals surface area contributed by atoms with Crippen molar-refractivity contribution >= 4 is 10.1 Å². The predicted octanol–water partition coefficient (Wildman–Crippen LogP) is -0.857. The van der Waals surface area contributed by atoms with Crippen LogP contribution in [0.1, 0.15) is 0 Å². The first-order valence-electron chi connectivity index (χ1n) is 2.33. The fourth-order valence-electron chi connectivity index (χ4n) is 0.386. The van der Waals surface area contributed by atoms with Crippen molar-refractivity contribution in [3.05, 3.63) is 6.20 Å². The fraction of sp³-hybridized carbons (Fsp3) is 0.333. The Bertz CT molecular complexity index is 289. The third kappa shape index (κ3) is 2.02. The number of hydrogen-bond acceptors (Lipinski definition) is 5. The lowest BCUT2D eigenvalue weighted by Crippen LogP contribution is -2.05. The number of nitrogens with one attached hydrogen (secondary N) is 1. The van der Waals surface area contributed by atoms with Crippen LogP contribution in [0.5, 0.6) is 5.88 Å². The number of aromatic nitrogens is 3. The third-order valence-electron chi connectivity index (χ3n) is 0.630. The molecule has 1 rings (SSSR count). The molecular weight excluding hydrogens is 158 g/mol. The Kier molecular flexibility index (Phi) is 1.58. The summed E-state index contributed by atoms with van der Waals surface area (Å²) in [6.07, 6.45) is 2.10. The fourth-order valence-corrected chi connectivity index (χ4v) is 0.777. The van der Waals surface area contributed by atoms with Crippen LogP contribution < -0.4 is 4.18 Å². The summed E-state index contributed by atoms with van der Waals surface area (Å²) in [4.78, 5) is 0. The van der Waals surface area contributed by atoms with Crippen molar-refractivity contribution in [2.75, 3.05) is 6.26 Å². The summed E-state index contributed by atoms with van der Waals surface area (Å²) >= 11 is 0. The molecule has 0 aliphatic heterocycles. The second-order valence-electron chi connectivity index (χ2n) is 1.60. The average molecular weight is 163 g/mol. The molecule has 0 atom stereocenters. The van der Waals surface area contributed by atoms with Gasteiger partial charge in [0.2, 0.25) is 0 Å². The van der Waals surface area contributed by atoms with Crippen LogP contribution in [0.15, 0.2) is 6.20 Å².